The summed E-state index contributed by atoms with van der Waals surface area (Å²) in [6, 6.07) is 11.6. The van der Waals surface area contributed by atoms with E-state index in [9.17, 15) is 14.7 Å². The van der Waals surface area contributed by atoms with Gasteiger partial charge in [-0.1, -0.05) is 12.1 Å². The Morgan fingerprint density at radius 3 is 2.25 bits per heavy atom. The lowest BCUT2D eigenvalue weighted by atomic mass is 9.94. The molecule has 1 amide bonds. The Bertz CT molecular complexity index is 1110. The molecule has 2 aromatic carbocycles. The SMILES string of the molecule is CCOc1cccc(C2/C(=C(/O)c3ccc(OCC)cc3OCC)C(=O)C(=O)N2CCCN(C)C)c1. The molecule has 1 N–H and O–H groups in total. The predicted molar refractivity (Wildman–Crippen MR) is 139 cm³/mol. The van der Waals surface area contributed by atoms with E-state index < -0.39 is 17.7 Å². The fourth-order valence-electron chi connectivity index (χ4n) is 4.33. The summed E-state index contributed by atoms with van der Waals surface area (Å²) < 4.78 is 17.0. The zero-order valence-corrected chi connectivity index (χ0v) is 21.7. The van der Waals surface area contributed by atoms with Gasteiger partial charge in [0.1, 0.15) is 23.0 Å². The second-order valence-electron chi connectivity index (χ2n) is 8.68. The molecule has 0 saturated carbocycles. The number of aliphatic hydroxyl groups excluding tert-OH is 1. The zero-order valence-electron chi connectivity index (χ0n) is 21.7. The van der Waals surface area contributed by atoms with E-state index in [4.69, 9.17) is 14.2 Å². The van der Waals surface area contributed by atoms with Gasteiger partial charge in [-0.15, -0.1) is 0 Å². The molecule has 36 heavy (non-hydrogen) atoms. The van der Waals surface area contributed by atoms with Crippen LogP contribution in [0.15, 0.2) is 48.0 Å². The topological polar surface area (TPSA) is 88.5 Å². The third-order valence-corrected chi connectivity index (χ3v) is 5.85. The molecule has 1 fully saturated rings. The maximum absolute atomic E-state index is 13.3. The molecule has 0 aliphatic carbocycles. The monoisotopic (exact) mass is 496 g/mol. The van der Waals surface area contributed by atoms with Crippen molar-refractivity contribution in [3.8, 4) is 17.2 Å². The van der Waals surface area contributed by atoms with Crippen molar-refractivity contribution in [2.75, 3.05) is 47.0 Å². The van der Waals surface area contributed by atoms with Crippen molar-refractivity contribution in [2.24, 2.45) is 0 Å². The number of nitrogens with zero attached hydrogens (tertiary/aromatic N) is 2. The van der Waals surface area contributed by atoms with Crippen LogP contribution in [0, 0.1) is 0 Å². The Kier molecular flexibility index (Phi) is 9.36. The smallest absolute Gasteiger partial charge is 0.295 e. The van der Waals surface area contributed by atoms with Crippen LogP contribution in [-0.4, -0.2) is 73.6 Å². The van der Waals surface area contributed by atoms with Crippen LogP contribution >= 0.6 is 0 Å². The Balaban J connectivity index is 2.16. The van der Waals surface area contributed by atoms with Crippen molar-refractivity contribution in [3.05, 3.63) is 59.2 Å². The lowest BCUT2D eigenvalue weighted by Crippen LogP contribution is -2.32. The number of likely N-dealkylation sites (tertiary alicyclic amines) is 1. The van der Waals surface area contributed by atoms with E-state index in [0.29, 0.717) is 61.2 Å². The number of Topliss-reactive ketones (excluding diaryl/α,β-unsaturated/α-hetero) is 1. The summed E-state index contributed by atoms with van der Waals surface area (Å²) >= 11 is 0. The molecule has 1 heterocycles. The first kappa shape index (κ1) is 27.1. The minimum Gasteiger partial charge on any atom is -0.507 e. The minimum absolute atomic E-state index is 0.0311. The van der Waals surface area contributed by atoms with Crippen molar-refractivity contribution >= 4 is 17.4 Å². The average molecular weight is 497 g/mol. The Labute approximate surface area is 213 Å². The molecule has 3 rings (SSSR count). The molecule has 8 nitrogen and oxygen atoms in total. The van der Waals surface area contributed by atoms with Gasteiger partial charge >= 0.3 is 0 Å². The lowest BCUT2D eigenvalue weighted by Gasteiger charge is -2.26. The zero-order chi connectivity index (χ0) is 26.2. The molecule has 194 valence electrons. The molecular weight excluding hydrogens is 460 g/mol. The summed E-state index contributed by atoms with van der Waals surface area (Å²) in [5.74, 6) is -0.0394. The molecule has 1 atom stereocenters. The van der Waals surface area contributed by atoms with Crippen molar-refractivity contribution in [1.82, 2.24) is 9.80 Å². The molecule has 0 spiro atoms. The molecule has 8 heteroatoms. The lowest BCUT2D eigenvalue weighted by molar-refractivity contribution is -0.139. The van der Waals surface area contributed by atoms with E-state index >= 15 is 0 Å². The van der Waals surface area contributed by atoms with Crippen LogP contribution in [0.4, 0.5) is 0 Å². The Morgan fingerprint density at radius 1 is 0.944 bits per heavy atom. The highest BCUT2D eigenvalue weighted by molar-refractivity contribution is 6.46. The first-order valence-electron chi connectivity index (χ1n) is 12.4. The Hall–Kier alpha value is -3.52. The highest BCUT2D eigenvalue weighted by Gasteiger charge is 2.46. The van der Waals surface area contributed by atoms with Crippen LogP contribution in [-0.2, 0) is 9.59 Å². The summed E-state index contributed by atoms with van der Waals surface area (Å²) in [5, 5.41) is 11.5. The summed E-state index contributed by atoms with van der Waals surface area (Å²) in [7, 11) is 3.91. The number of carbonyl (C=O) groups is 2. The van der Waals surface area contributed by atoms with E-state index in [0.717, 1.165) is 6.54 Å². The van der Waals surface area contributed by atoms with E-state index in [-0.39, 0.29) is 11.3 Å². The van der Waals surface area contributed by atoms with Crippen LogP contribution in [0.2, 0.25) is 0 Å². The maximum Gasteiger partial charge on any atom is 0.295 e. The summed E-state index contributed by atoms with van der Waals surface area (Å²) in [6.07, 6.45) is 0.676. The van der Waals surface area contributed by atoms with E-state index in [1.807, 2.05) is 64.0 Å². The normalized spacial score (nSPS) is 17.1. The first-order valence-corrected chi connectivity index (χ1v) is 12.4. The number of aliphatic hydroxyl groups is 1. The number of hydrogen-bond donors (Lipinski definition) is 1. The van der Waals surface area contributed by atoms with Crippen LogP contribution in [0.1, 0.15) is 44.4 Å². The fraction of sp³-hybridized carbons (Fsp3) is 0.429. The standard InChI is InChI=1S/C28H36N2O6/c1-6-34-20-12-9-11-19(17-20)25-24(27(32)28(33)30(25)16-10-15-29(4)5)26(31)22-14-13-21(35-7-2)18-23(22)36-8-3/h9,11-14,17-18,25,31H,6-8,10,15-16H2,1-5H3/b26-24-. The van der Waals surface area contributed by atoms with Crippen LogP contribution in [0.25, 0.3) is 5.76 Å². The minimum atomic E-state index is -0.756. The van der Waals surface area contributed by atoms with Crippen LogP contribution in [0.5, 0.6) is 17.2 Å². The summed E-state index contributed by atoms with van der Waals surface area (Å²) in [6.45, 7) is 8.03. The number of ether oxygens (including phenoxy) is 3. The second kappa shape index (κ2) is 12.4. The molecule has 2 aromatic rings. The first-order chi connectivity index (χ1) is 17.3. The molecule has 1 saturated heterocycles. The van der Waals surface area contributed by atoms with Gasteiger partial charge in [0.05, 0.1) is 37.0 Å². The third kappa shape index (κ3) is 5.99. The van der Waals surface area contributed by atoms with Gasteiger partial charge in [0.2, 0.25) is 0 Å². The molecule has 0 bridgehead atoms. The fourth-order valence-corrected chi connectivity index (χ4v) is 4.33. The van der Waals surface area contributed by atoms with Gasteiger partial charge in [-0.3, -0.25) is 9.59 Å². The number of amides is 1. The number of benzene rings is 2. The van der Waals surface area contributed by atoms with Gasteiger partial charge in [-0.25, -0.2) is 0 Å². The van der Waals surface area contributed by atoms with Crippen molar-refractivity contribution in [2.45, 2.75) is 33.2 Å². The number of rotatable bonds is 12. The molecule has 0 radical (unpaired) electrons. The van der Waals surface area contributed by atoms with E-state index in [1.165, 1.54) is 4.90 Å². The number of hydrogen-bond acceptors (Lipinski definition) is 7. The van der Waals surface area contributed by atoms with Gasteiger partial charge in [-0.2, -0.15) is 0 Å². The summed E-state index contributed by atoms with van der Waals surface area (Å²) in [4.78, 5) is 30.1. The molecule has 1 unspecified atom stereocenters. The quantitative estimate of drug-likeness (QED) is 0.267. The maximum atomic E-state index is 13.3. The largest absolute Gasteiger partial charge is 0.507 e. The van der Waals surface area contributed by atoms with Gasteiger partial charge in [-0.05, 0) is 77.7 Å². The van der Waals surface area contributed by atoms with Crippen LogP contribution in [0.3, 0.4) is 0 Å². The summed E-state index contributed by atoms with van der Waals surface area (Å²) in [5.41, 5.74) is 1.05. The molecule has 1 aliphatic heterocycles. The van der Waals surface area contributed by atoms with E-state index in [2.05, 4.69) is 0 Å². The van der Waals surface area contributed by atoms with Crippen molar-refractivity contribution < 1.29 is 28.9 Å². The van der Waals surface area contributed by atoms with Gasteiger partial charge in [0, 0.05) is 12.6 Å². The highest BCUT2D eigenvalue weighted by atomic mass is 16.5. The van der Waals surface area contributed by atoms with E-state index in [1.54, 1.807) is 18.2 Å². The average Bonchev–Trinajstić information content (AvgIpc) is 3.09. The molecule has 1 aliphatic rings. The number of ketones is 1. The van der Waals surface area contributed by atoms with Gasteiger partial charge in [0.15, 0.2) is 0 Å². The number of carbonyl (C=O) groups excluding carboxylic acids is 2. The van der Waals surface area contributed by atoms with Crippen molar-refractivity contribution in [1.29, 1.82) is 0 Å². The highest BCUT2D eigenvalue weighted by Crippen LogP contribution is 2.42. The second-order valence-corrected chi connectivity index (χ2v) is 8.68. The van der Waals surface area contributed by atoms with Gasteiger partial charge in [0.25, 0.3) is 11.7 Å². The van der Waals surface area contributed by atoms with Gasteiger partial charge < -0.3 is 29.1 Å². The third-order valence-electron chi connectivity index (χ3n) is 5.85. The Morgan fingerprint density at radius 2 is 1.61 bits per heavy atom. The predicted octanol–water partition coefficient (Wildman–Crippen LogP) is 4.26. The van der Waals surface area contributed by atoms with Crippen LogP contribution < -0.4 is 14.2 Å². The molecule has 0 aromatic heterocycles. The van der Waals surface area contributed by atoms with Crippen molar-refractivity contribution in [3.63, 3.8) is 0 Å². The molecular formula is C28H36N2O6.